The molecule has 1 aromatic heterocycles. The first-order valence-corrected chi connectivity index (χ1v) is 10.2. The molecule has 0 aliphatic rings. The molecule has 4 aromatic rings. The molecule has 0 bridgehead atoms. The number of nitrogens with one attached hydrogen (secondary N) is 1. The first kappa shape index (κ1) is 19.2. The maximum atomic E-state index is 12.2. The fourth-order valence-electron chi connectivity index (χ4n) is 2.78. The Bertz CT molecular complexity index is 1130. The second-order valence-electron chi connectivity index (χ2n) is 6.25. The van der Waals surface area contributed by atoms with Crippen molar-refractivity contribution in [3.8, 4) is 27.6 Å². The number of hydrogen-bond donors (Lipinski definition) is 1. The number of benzene rings is 3. The minimum atomic E-state index is -0.221. The number of nitrogens with zero attached hydrogens (tertiary/aromatic N) is 1. The van der Waals surface area contributed by atoms with Crippen LogP contribution in [0.1, 0.15) is 0 Å². The van der Waals surface area contributed by atoms with Gasteiger partial charge in [0.25, 0.3) is 5.91 Å². The van der Waals surface area contributed by atoms with Crippen molar-refractivity contribution in [2.75, 3.05) is 11.9 Å². The molecule has 0 fully saturated rings. The number of rotatable bonds is 6. The Kier molecular flexibility index (Phi) is 5.89. The number of carbonyl (C=O) groups excluding carboxylic acids is 1. The smallest absolute Gasteiger partial charge is 0.262 e. The molecule has 4 rings (SSSR count). The summed E-state index contributed by atoms with van der Waals surface area (Å²) in [5, 5.41) is 6.38. The molecular weight excluding hydrogens is 404 g/mol. The Morgan fingerprint density at radius 3 is 2.62 bits per heavy atom. The molecule has 1 N–H and O–H groups in total. The van der Waals surface area contributed by atoms with Crippen LogP contribution >= 0.6 is 22.9 Å². The van der Waals surface area contributed by atoms with Gasteiger partial charge in [-0.1, -0.05) is 60.1 Å². The van der Waals surface area contributed by atoms with E-state index in [4.69, 9.17) is 21.3 Å². The van der Waals surface area contributed by atoms with E-state index in [0.29, 0.717) is 16.5 Å². The van der Waals surface area contributed by atoms with Crippen LogP contribution in [0.4, 0.5) is 5.69 Å². The van der Waals surface area contributed by atoms with E-state index in [0.717, 1.165) is 21.8 Å². The Hall–Kier alpha value is -3.15. The van der Waals surface area contributed by atoms with Gasteiger partial charge in [-0.25, -0.2) is 4.98 Å². The second-order valence-corrected chi connectivity index (χ2v) is 7.51. The molecule has 1 heterocycles. The number of halogens is 1. The van der Waals surface area contributed by atoms with Crippen molar-refractivity contribution in [1.29, 1.82) is 0 Å². The summed E-state index contributed by atoms with van der Waals surface area (Å²) in [7, 11) is 0. The average molecular weight is 421 g/mol. The molecule has 1 amide bonds. The van der Waals surface area contributed by atoms with Crippen LogP contribution in [0.3, 0.4) is 0 Å². The number of thiazole rings is 1. The molecule has 0 spiro atoms. The predicted octanol–water partition coefficient (Wildman–Crippen LogP) is 6.15. The molecule has 29 heavy (non-hydrogen) atoms. The van der Waals surface area contributed by atoms with Gasteiger partial charge in [0.15, 0.2) is 6.61 Å². The van der Waals surface area contributed by atoms with E-state index < -0.39 is 0 Å². The molecule has 0 aliphatic heterocycles. The average Bonchev–Trinajstić information content (AvgIpc) is 3.24. The summed E-state index contributed by atoms with van der Waals surface area (Å²) in [6.07, 6.45) is 0. The summed E-state index contributed by atoms with van der Waals surface area (Å²) in [6.45, 7) is -0.0540. The van der Waals surface area contributed by atoms with E-state index in [1.54, 1.807) is 0 Å². The molecule has 0 saturated heterocycles. The first-order valence-electron chi connectivity index (χ1n) is 8.97. The highest BCUT2D eigenvalue weighted by molar-refractivity contribution is 7.13. The fraction of sp³-hybridized carbons (Fsp3) is 0.0435. The van der Waals surface area contributed by atoms with Gasteiger partial charge in [-0.15, -0.1) is 11.3 Å². The number of carbonyl (C=O) groups is 1. The Labute approximate surface area is 177 Å². The van der Waals surface area contributed by atoms with Gasteiger partial charge in [-0.2, -0.15) is 0 Å². The van der Waals surface area contributed by atoms with E-state index in [1.165, 1.54) is 11.3 Å². The monoisotopic (exact) mass is 420 g/mol. The van der Waals surface area contributed by atoms with Crippen LogP contribution in [0.15, 0.2) is 84.2 Å². The number of para-hydroxylation sites is 1. The molecule has 0 atom stereocenters. The number of amides is 1. The van der Waals surface area contributed by atoms with Crippen molar-refractivity contribution in [2.24, 2.45) is 0 Å². The maximum absolute atomic E-state index is 12.2. The fourth-order valence-corrected chi connectivity index (χ4v) is 3.93. The minimum absolute atomic E-state index is 0.0540. The minimum Gasteiger partial charge on any atom is -0.484 e. The molecule has 0 aliphatic carbocycles. The van der Waals surface area contributed by atoms with Crippen LogP contribution in [0.5, 0.6) is 5.75 Å². The van der Waals surface area contributed by atoms with E-state index in [-0.39, 0.29) is 12.5 Å². The zero-order valence-corrected chi connectivity index (χ0v) is 16.9. The Balaban J connectivity index is 1.45. The van der Waals surface area contributed by atoms with E-state index in [9.17, 15) is 4.79 Å². The van der Waals surface area contributed by atoms with Crippen molar-refractivity contribution in [1.82, 2.24) is 4.98 Å². The number of aromatic nitrogens is 1. The van der Waals surface area contributed by atoms with Gasteiger partial charge in [0, 0.05) is 22.2 Å². The van der Waals surface area contributed by atoms with E-state index >= 15 is 0 Å². The molecular formula is C23H17ClN2O2S. The van der Waals surface area contributed by atoms with Crippen molar-refractivity contribution >= 4 is 34.5 Å². The lowest BCUT2D eigenvalue weighted by molar-refractivity contribution is -0.118. The molecule has 6 heteroatoms. The van der Waals surface area contributed by atoms with Gasteiger partial charge in [-0.3, -0.25) is 4.79 Å². The quantitative estimate of drug-likeness (QED) is 0.407. The number of hydrogen-bond acceptors (Lipinski definition) is 4. The third kappa shape index (κ3) is 4.83. The van der Waals surface area contributed by atoms with Crippen LogP contribution in [0, 0.1) is 0 Å². The van der Waals surface area contributed by atoms with Gasteiger partial charge in [-0.05, 0) is 30.3 Å². The maximum Gasteiger partial charge on any atom is 0.262 e. The van der Waals surface area contributed by atoms with Gasteiger partial charge < -0.3 is 10.1 Å². The lowest BCUT2D eigenvalue weighted by Crippen LogP contribution is -2.20. The largest absolute Gasteiger partial charge is 0.484 e. The van der Waals surface area contributed by atoms with Crippen LogP contribution in [0.2, 0.25) is 5.02 Å². The van der Waals surface area contributed by atoms with E-state index in [2.05, 4.69) is 5.32 Å². The van der Waals surface area contributed by atoms with E-state index in [1.807, 2.05) is 84.2 Å². The second kappa shape index (κ2) is 8.90. The van der Waals surface area contributed by atoms with Crippen molar-refractivity contribution < 1.29 is 9.53 Å². The van der Waals surface area contributed by atoms with Gasteiger partial charge in [0.1, 0.15) is 10.8 Å². The standard InChI is InChI=1S/C23H17ClN2O2S/c24-20-12-5-4-11-19(20)23-26-21(15-29-23)16-7-6-8-17(13-16)25-22(27)14-28-18-9-2-1-3-10-18/h1-13,15H,14H2,(H,25,27). The predicted molar refractivity (Wildman–Crippen MR) is 119 cm³/mol. The normalized spacial score (nSPS) is 10.5. The zero-order valence-electron chi connectivity index (χ0n) is 15.3. The Morgan fingerprint density at radius 2 is 1.79 bits per heavy atom. The summed E-state index contributed by atoms with van der Waals surface area (Å²) < 4.78 is 5.48. The lowest BCUT2D eigenvalue weighted by Gasteiger charge is -2.08. The molecule has 144 valence electrons. The number of anilines is 1. The van der Waals surface area contributed by atoms with Crippen molar-refractivity contribution in [2.45, 2.75) is 0 Å². The summed E-state index contributed by atoms with van der Waals surface area (Å²) in [5.74, 6) is 0.437. The number of ether oxygens (including phenoxy) is 1. The highest BCUT2D eigenvalue weighted by Crippen LogP contribution is 2.33. The van der Waals surface area contributed by atoms with Gasteiger partial charge in [0.05, 0.1) is 10.7 Å². The molecule has 3 aromatic carbocycles. The third-order valence-corrected chi connectivity index (χ3v) is 5.37. The summed E-state index contributed by atoms with van der Waals surface area (Å²) in [5.41, 5.74) is 3.35. The van der Waals surface area contributed by atoms with Crippen molar-refractivity contribution in [3.63, 3.8) is 0 Å². The molecule has 4 nitrogen and oxygen atoms in total. The van der Waals surface area contributed by atoms with Crippen molar-refractivity contribution in [3.05, 3.63) is 89.3 Å². The highest BCUT2D eigenvalue weighted by Gasteiger charge is 2.10. The topological polar surface area (TPSA) is 51.2 Å². The zero-order chi connectivity index (χ0) is 20.1. The van der Waals surface area contributed by atoms with Crippen LogP contribution in [-0.4, -0.2) is 17.5 Å². The van der Waals surface area contributed by atoms with Crippen LogP contribution in [-0.2, 0) is 4.79 Å². The van der Waals surface area contributed by atoms with Gasteiger partial charge >= 0.3 is 0 Å². The molecule has 0 unspecified atom stereocenters. The highest BCUT2D eigenvalue weighted by atomic mass is 35.5. The summed E-state index contributed by atoms with van der Waals surface area (Å²) in [6, 6.07) is 24.5. The van der Waals surface area contributed by atoms with Crippen LogP contribution < -0.4 is 10.1 Å². The Morgan fingerprint density at radius 1 is 1.00 bits per heavy atom. The summed E-state index contributed by atoms with van der Waals surface area (Å²) in [4.78, 5) is 16.9. The third-order valence-electron chi connectivity index (χ3n) is 4.16. The van der Waals surface area contributed by atoms with Gasteiger partial charge in [0.2, 0.25) is 0 Å². The van der Waals surface area contributed by atoms with Crippen LogP contribution in [0.25, 0.3) is 21.8 Å². The lowest BCUT2D eigenvalue weighted by atomic mass is 10.1. The molecule has 0 saturated carbocycles. The first-order chi connectivity index (χ1) is 14.2. The molecule has 0 radical (unpaired) electrons. The SMILES string of the molecule is O=C(COc1ccccc1)Nc1cccc(-c2csc(-c3ccccc3Cl)n2)c1. The summed E-state index contributed by atoms with van der Waals surface area (Å²) >= 11 is 7.81.